The fourth-order valence-electron chi connectivity index (χ4n) is 1.40. The summed E-state index contributed by atoms with van der Waals surface area (Å²) in [5.74, 6) is -0.123. The summed E-state index contributed by atoms with van der Waals surface area (Å²) in [5.41, 5.74) is 18.5. The van der Waals surface area contributed by atoms with E-state index >= 15 is 0 Å². The predicted molar refractivity (Wildman–Crippen MR) is 71.1 cm³/mol. The quantitative estimate of drug-likeness (QED) is 0.422. The Balaban J connectivity index is 2.16. The first-order valence-corrected chi connectivity index (χ1v) is 5.29. The number of ether oxygens (including phenoxy) is 1. The first-order valence-electron chi connectivity index (χ1n) is 5.29. The molecule has 5 nitrogen and oxygen atoms in total. The molecule has 0 aromatic heterocycles. The zero-order valence-electron chi connectivity index (χ0n) is 9.59. The van der Waals surface area contributed by atoms with Gasteiger partial charge in [0.25, 0.3) is 0 Å². The molecule has 2 aromatic rings. The number of esters is 1. The van der Waals surface area contributed by atoms with E-state index in [0.717, 1.165) is 0 Å². The first kappa shape index (κ1) is 11.8. The van der Waals surface area contributed by atoms with Gasteiger partial charge in [0.2, 0.25) is 0 Å². The number of anilines is 3. The van der Waals surface area contributed by atoms with E-state index in [1.165, 1.54) is 6.07 Å². The van der Waals surface area contributed by atoms with E-state index in [-0.39, 0.29) is 0 Å². The number of hydrogen-bond donors (Lipinski definition) is 3. The van der Waals surface area contributed by atoms with Crippen molar-refractivity contribution in [3.8, 4) is 5.75 Å². The molecule has 5 heteroatoms. The molecule has 0 aliphatic carbocycles. The summed E-state index contributed by atoms with van der Waals surface area (Å²) in [6.45, 7) is 0. The van der Waals surface area contributed by atoms with Crippen molar-refractivity contribution < 1.29 is 9.53 Å². The lowest BCUT2D eigenvalue weighted by molar-refractivity contribution is 0.0735. The van der Waals surface area contributed by atoms with Crippen LogP contribution in [-0.2, 0) is 0 Å². The fraction of sp³-hybridized carbons (Fsp3) is 0. The highest BCUT2D eigenvalue weighted by atomic mass is 16.5. The molecule has 0 bridgehead atoms. The minimum absolute atomic E-state index is 0.350. The maximum atomic E-state index is 11.8. The summed E-state index contributed by atoms with van der Waals surface area (Å²) >= 11 is 0. The van der Waals surface area contributed by atoms with Crippen molar-refractivity contribution in [3.05, 3.63) is 48.0 Å². The molecule has 0 amide bonds. The number of rotatable bonds is 2. The predicted octanol–water partition coefficient (Wildman–Crippen LogP) is 1.65. The van der Waals surface area contributed by atoms with Gasteiger partial charge in [0.05, 0.1) is 16.9 Å². The SMILES string of the molecule is Nc1ccc(C(=O)Oc2ccc(N)c(N)c2)cc1. The molecular weight excluding hydrogens is 230 g/mol. The van der Waals surface area contributed by atoms with Crippen LogP contribution in [-0.4, -0.2) is 5.97 Å². The van der Waals surface area contributed by atoms with Gasteiger partial charge in [0, 0.05) is 11.8 Å². The van der Waals surface area contributed by atoms with Gasteiger partial charge in [-0.3, -0.25) is 0 Å². The van der Waals surface area contributed by atoms with Crippen LogP contribution in [0.25, 0.3) is 0 Å². The topological polar surface area (TPSA) is 104 Å². The van der Waals surface area contributed by atoms with Crippen LogP contribution in [0.3, 0.4) is 0 Å². The third kappa shape index (κ3) is 2.52. The molecule has 0 saturated carbocycles. The molecule has 0 aliphatic heterocycles. The molecule has 0 atom stereocenters. The average Bonchev–Trinajstić information content (AvgIpc) is 2.34. The number of nitrogen functional groups attached to an aromatic ring is 3. The van der Waals surface area contributed by atoms with Crippen LogP contribution in [0.2, 0.25) is 0 Å². The monoisotopic (exact) mass is 243 g/mol. The number of carbonyl (C=O) groups excluding carboxylic acids is 1. The van der Waals surface area contributed by atoms with Gasteiger partial charge in [-0.05, 0) is 36.4 Å². The van der Waals surface area contributed by atoms with Crippen molar-refractivity contribution >= 4 is 23.0 Å². The zero-order valence-corrected chi connectivity index (χ0v) is 9.59. The van der Waals surface area contributed by atoms with E-state index in [4.69, 9.17) is 21.9 Å². The summed E-state index contributed by atoms with van der Waals surface area (Å²) in [7, 11) is 0. The highest BCUT2D eigenvalue weighted by Gasteiger charge is 2.08. The van der Waals surface area contributed by atoms with E-state index in [2.05, 4.69) is 0 Å². The number of benzene rings is 2. The van der Waals surface area contributed by atoms with Gasteiger partial charge >= 0.3 is 5.97 Å². The van der Waals surface area contributed by atoms with Crippen molar-refractivity contribution in [2.75, 3.05) is 17.2 Å². The van der Waals surface area contributed by atoms with Gasteiger partial charge in [-0.1, -0.05) is 0 Å². The van der Waals surface area contributed by atoms with Crippen LogP contribution in [0.4, 0.5) is 17.1 Å². The second-order valence-electron chi connectivity index (χ2n) is 3.80. The van der Waals surface area contributed by atoms with Crippen LogP contribution in [0.15, 0.2) is 42.5 Å². The van der Waals surface area contributed by atoms with Gasteiger partial charge in [-0.15, -0.1) is 0 Å². The molecule has 92 valence electrons. The Morgan fingerprint density at radius 3 is 2.17 bits per heavy atom. The van der Waals surface area contributed by atoms with E-state index in [0.29, 0.717) is 28.4 Å². The Morgan fingerprint density at radius 2 is 1.56 bits per heavy atom. The second-order valence-corrected chi connectivity index (χ2v) is 3.80. The molecule has 0 aliphatic rings. The average molecular weight is 243 g/mol. The molecule has 0 saturated heterocycles. The Labute approximate surface area is 104 Å². The summed E-state index contributed by atoms with van der Waals surface area (Å²) in [6, 6.07) is 11.1. The highest BCUT2D eigenvalue weighted by molar-refractivity contribution is 5.91. The first-order chi connectivity index (χ1) is 8.56. The van der Waals surface area contributed by atoms with Crippen LogP contribution in [0.5, 0.6) is 5.75 Å². The second kappa shape index (κ2) is 4.67. The highest BCUT2D eigenvalue weighted by Crippen LogP contribution is 2.22. The van der Waals surface area contributed by atoms with Crippen molar-refractivity contribution in [1.29, 1.82) is 0 Å². The van der Waals surface area contributed by atoms with Gasteiger partial charge in [-0.25, -0.2) is 4.79 Å². The van der Waals surface area contributed by atoms with E-state index in [1.807, 2.05) is 0 Å². The largest absolute Gasteiger partial charge is 0.423 e. The number of carbonyl (C=O) groups is 1. The molecule has 0 fully saturated rings. The summed E-state index contributed by atoms with van der Waals surface area (Å²) in [4.78, 5) is 11.8. The van der Waals surface area contributed by atoms with Gasteiger partial charge in [-0.2, -0.15) is 0 Å². The van der Waals surface area contributed by atoms with E-state index < -0.39 is 5.97 Å². The molecule has 0 unspecified atom stereocenters. The lowest BCUT2D eigenvalue weighted by Crippen LogP contribution is -2.09. The van der Waals surface area contributed by atoms with Gasteiger partial charge < -0.3 is 21.9 Å². The van der Waals surface area contributed by atoms with Crippen molar-refractivity contribution in [2.45, 2.75) is 0 Å². The molecular formula is C13H13N3O2. The molecule has 2 aromatic carbocycles. The Morgan fingerprint density at radius 1 is 0.889 bits per heavy atom. The maximum absolute atomic E-state index is 11.8. The summed E-state index contributed by atoms with van der Waals surface area (Å²) in [6.07, 6.45) is 0. The lowest BCUT2D eigenvalue weighted by Gasteiger charge is -2.06. The third-order valence-corrected chi connectivity index (χ3v) is 2.42. The minimum atomic E-state index is -0.473. The van der Waals surface area contributed by atoms with Crippen LogP contribution >= 0.6 is 0 Å². The zero-order chi connectivity index (χ0) is 13.1. The fourth-order valence-corrected chi connectivity index (χ4v) is 1.40. The van der Waals surface area contributed by atoms with Gasteiger partial charge in [0.1, 0.15) is 5.75 Å². The Hall–Kier alpha value is -2.69. The number of nitrogens with two attached hydrogens (primary N) is 3. The lowest BCUT2D eigenvalue weighted by atomic mass is 10.2. The Bertz CT molecular complexity index is 579. The standard InChI is InChI=1S/C13H13N3O2/c14-9-3-1-8(2-4-9)13(17)18-10-5-6-11(15)12(16)7-10/h1-7H,14-16H2. The molecule has 18 heavy (non-hydrogen) atoms. The number of hydrogen-bond acceptors (Lipinski definition) is 5. The van der Waals surface area contributed by atoms with Crippen LogP contribution in [0.1, 0.15) is 10.4 Å². The third-order valence-electron chi connectivity index (χ3n) is 2.42. The maximum Gasteiger partial charge on any atom is 0.343 e. The van der Waals surface area contributed by atoms with Crippen molar-refractivity contribution in [1.82, 2.24) is 0 Å². The molecule has 6 N–H and O–H groups in total. The van der Waals surface area contributed by atoms with E-state index in [1.54, 1.807) is 36.4 Å². The van der Waals surface area contributed by atoms with Crippen molar-refractivity contribution in [3.63, 3.8) is 0 Å². The summed E-state index contributed by atoms with van der Waals surface area (Å²) in [5, 5.41) is 0. The normalized spacial score (nSPS) is 10.0. The molecule has 0 spiro atoms. The Kier molecular flexibility index (Phi) is 3.05. The molecule has 2 rings (SSSR count). The summed E-state index contributed by atoms with van der Waals surface area (Å²) < 4.78 is 5.16. The molecule has 0 heterocycles. The van der Waals surface area contributed by atoms with Crippen LogP contribution in [0, 0.1) is 0 Å². The van der Waals surface area contributed by atoms with E-state index in [9.17, 15) is 4.79 Å². The van der Waals surface area contributed by atoms with Gasteiger partial charge in [0.15, 0.2) is 0 Å². The minimum Gasteiger partial charge on any atom is -0.423 e. The van der Waals surface area contributed by atoms with Crippen LogP contribution < -0.4 is 21.9 Å². The van der Waals surface area contributed by atoms with Crippen molar-refractivity contribution in [2.24, 2.45) is 0 Å². The smallest absolute Gasteiger partial charge is 0.343 e. The molecule has 0 radical (unpaired) electrons.